The Balaban J connectivity index is 1.78. The Kier molecular flexibility index (Phi) is 6.68. The maximum Gasteiger partial charge on any atom is 0.394 e. The molecule has 12 heteroatoms. The third-order valence-electron chi connectivity index (χ3n) is 4.06. The van der Waals surface area contributed by atoms with Crippen molar-refractivity contribution in [1.82, 2.24) is 9.97 Å². The van der Waals surface area contributed by atoms with Gasteiger partial charge in [0.2, 0.25) is 0 Å². The minimum absolute atomic E-state index is 0.00264. The second kappa shape index (κ2) is 9.44. The number of nitrogens with zero attached hydrogens (tertiary/aromatic N) is 2. The topological polar surface area (TPSA) is 168 Å². The first kappa shape index (κ1) is 23.3. The molecule has 1 atom stereocenters. The molecule has 1 heterocycles. The number of halogens is 2. The largest absolute Gasteiger partial charge is 0.457 e. The van der Waals surface area contributed by atoms with Gasteiger partial charge in [0.15, 0.2) is 12.0 Å². The van der Waals surface area contributed by atoms with E-state index in [1.807, 2.05) is 0 Å². The first-order chi connectivity index (χ1) is 15.5. The van der Waals surface area contributed by atoms with Gasteiger partial charge in [0.05, 0.1) is 0 Å². The van der Waals surface area contributed by atoms with Crippen LogP contribution in [0.3, 0.4) is 0 Å². The summed E-state index contributed by atoms with van der Waals surface area (Å²) in [4.78, 5) is 31.2. The first-order valence-corrected chi connectivity index (χ1v) is 9.46. The zero-order valence-corrected chi connectivity index (χ0v) is 17.3. The second-order valence-corrected chi connectivity index (χ2v) is 6.86. The fourth-order valence-electron chi connectivity index (χ4n) is 2.60. The number of ether oxygens (including phenoxy) is 2. The van der Waals surface area contributed by atoms with Crippen LogP contribution in [0.2, 0.25) is 0 Å². The van der Waals surface area contributed by atoms with Gasteiger partial charge in [0.1, 0.15) is 28.8 Å². The zero-order chi connectivity index (χ0) is 24.2. The number of hydrogen-bond acceptors (Lipinski definition) is 8. The Labute approximate surface area is 186 Å². The SMILES string of the molecule is CC(F)(F)Oc1ccc(Oc2ccc(-c3nc(N[C@@H](N)C(N)=O)cc(C(N)=O)n3)cc2)cc1. The van der Waals surface area contributed by atoms with Crippen molar-refractivity contribution in [3.8, 4) is 28.6 Å². The van der Waals surface area contributed by atoms with Gasteiger partial charge in [0, 0.05) is 18.6 Å². The van der Waals surface area contributed by atoms with E-state index in [9.17, 15) is 18.4 Å². The first-order valence-electron chi connectivity index (χ1n) is 9.46. The third kappa shape index (κ3) is 6.58. The van der Waals surface area contributed by atoms with Gasteiger partial charge >= 0.3 is 6.11 Å². The normalized spacial score (nSPS) is 12.0. The molecule has 0 aliphatic rings. The minimum Gasteiger partial charge on any atom is -0.457 e. The number of carbonyl (C=O) groups excluding carboxylic acids is 2. The van der Waals surface area contributed by atoms with Gasteiger partial charge in [-0.15, -0.1) is 0 Å². The molecule has 0 saturated carbocycles. The molecule has 0 saturated heterocycles. The second-order valence-electron chi connectivity index (χ2n) is 6.86. The summed E-state index contributed by atoms with van der Waals surface area (Å²) in [5.74, 6) is -0.568. The Bertz CT molecular complexity index is 1150. The molecule has 7 N–H and O–H groups in total. The summed E-state index contributed by atoms with van der Waals surface area (Å²) in [5, 5.41) is 2.57. The maximum absolute atomic E-state index is 12.9. The van der Waals surface area contributed by atoms with Crippen molar-refractivity contribution in [1.29, 1.82) is 0 Å². The van der Waals surface area contributed by atoms with Crippen LogP contribution < -0.4 is 32.0 Å². The highest BCUT2D eigenvalue weighted by molar-refractivity contribution is 5.92. The zero-order valence-electron chi connectivity index (χ0n) is 17.3. The molecule has 3 aromatic rings. The number of aromatic nitrogens is 2. The minimum atomic E-state index is -3.29. The van der Waals surface area contributed by atoms with E-state index in [1.165, 1.54) is 30.3 Å². The van der Waals surface area contributed by atoms with Crippen LogP contribution in [0.1, 0.15) is 17.4 Å². The molecular formula is C21H20F2N6O4. The van der Waals surface area contributed by atoms with Crippen molar-refractivity contribution >= 4 is 17.6 Å². The molecular weight excluding hydrogens is 438 g/mol. The van der Waals surface area contributed by atoms with Crippen molar-refractivity contribution < 1.29 is 27.8 Å². The summed E-state index contributed by atoms with van der Waals surface area (Å²) in [6.07, 6.45) is -4.52. The lowest BCUT2D eigenvalue weighted by Crippen LogP contribution is -2.43. The molecule has 0 bridgehead atoms. The van der Waals surface area contributed by atoms with E-state index in [2.05, 4.69) is 20.0 Å². The summed E-state index contributed by atoms with van der Waals surface area (Å²) in [5.41, 5.74) is 16.4. The molecule has 0 aliphatic heterocycles. The molecule has 172 valence electrons. The average Bonchev–Trinajstić information content (AvgIpc) is 2.74. The Morgan fingerprint density at radius 2 is 1.52 bits per heavy atom. The molecule has 0 fully saturated rings. The highest BCUT2D eigenvalue weighted by Crippen LogP contribution is 2.28. The van der Waals surface area contributed by atoms with E-state index in [4.69, 9.17) is 21.9 Å². The fourth-order valence-corrected chi connectivity index (χ4v) is 2.60. The van der Waals surface area contributed by atoms with Crippen LogP contribution in [0, 0.1) is 0 Å². The molecule has 2 amide bonds. The van der Waals surface area contributed by atoms with Crippen LogP contribution in [-0.4, -0.2) is 34.1 Å². The van der Waals surface area contributed by atoms with Crippen molar-refractivity contribution in [2.24, 2.45) is 17.2 Å². The number of amides is 2. The molecule has 0 aliphatic carbocycles. The molecule has 33 heavy (non-hydrogen) atoms. The lowest BCUT2D eigenvalue weighted by Gasteiger charge is -2.13. The molecule has 1 aromatic heterocycles. The molecule has 3 rings (SSSR count). The fraction of sp³-hybridized carbons (Fsp3) is 0.143. The van der Waals surface area contributed by atoms with Crippen LogP contribution in [-0.2, 0) is 4.79 Å². The van der Waals surface area contributed by atoms with Crippen molar-refractivity contribution in [2.75, 3.05) is 5.32 Å². The van der Waals surface area contributed by atoms with Gasteiger partial charge in [-0.1, -0.05) is 0 Å². The van der Waals surface area contributed by atoms with Crippen LogP contribution in [0.4, 0.5) is 14.6 Å². The number of anilines is 1. The number of benzene rings is 2. The van der Waals surface area contributed by atoms with E-state index >= 15 is 0 Å². The van der Waals surface area contributed by atoms with Crippen molar-refractivity contribution in [2.45, 2.75) is 19.2 Å². The van der Waals surface area contributed by atoms with Crippen LogP contribution >= 0.6 is 0 Å². The smallest absolute Gasteiger partial charge is 0.394 e. The maximum atomic E-state index is 12.9. The number of hydrogen-bond donors (Lipinski definition) is 4. The van der Waals surface area contributed by atoms with Gasteiger partial charge in [-0.3, -0.25) is 9.59 Å². The Hall–Kier alpha value is -4.32. The Morgan fingerprint density at radius 1 is 0.970 bits per heavy atom. The summed E-state index contributed by atoms with van der Waals surface area (Å²) < 4.78 is 36.0. The summed E-state index contributed by atoms with van der Waals surface area (Å²) in [6.45, 7) is 0.646. The van der Waals surface area contributed by atoms with Crippen molar-refractivity contribution in [3.63, 3.8) is 0 Å². The summed E-state index contributed by atoms with van der Waals surface area (Å²) in [7, 11) is 0. The number of primary amides is 2. The molecule has 2 aromatic carbocycles. The quantitative estimate of drug-likeness (QED) is 0.354. The van der Waals surface area contributed by atoms with Gasteiger partial charge in [-0.2, -0.15) is 8.78 Å². The van der Waals surface area contributed by atoms with Gasteiger partial charge in [0.25, 0.3) is 11.8 Å². The molecule has 0 spiro atoms. The van der Waals surface area contributed by atoms with E-state index in [1.54, 1.807) is 24.3 Å². The van der Waals surface area contributed by atoms with Crippen LogP contribution in [0.15, 0.2) is 54.6 Å². The van der Waals surface area contributed by atoms with Crippen LogP contribution in [0.5, 0.6) is 17.2 Å². The molecule has 0 radical (unpaired) electrons. The van der Waals surface area contributed by atoms with Crippen LogP contribution in [0.25, 0.3) is 11.4 Å². The number of nitrogens with one attached hydrogen (secondary N) is 1. The lowest BCUT2D eigenvalue weighted by molar-refractivity contribution is -0.159. The van der Waals surface area contributed by atoms with Gasteiger partial charge in [-0.05, 0) is 48.5 Å². The number of rotatable bonds is 9. The summed E-state index contributed by atoms with van der Waals surface area (Å²) >= 11 is 0. The predicted molar refractivity (Wildman–Crippen MR) is 115 cm³/mol. The molecule has 10 nitrogen and oxygen atoms in total. The standard InChI is InChI=1S/C21H20F2N6O4/c1-21(22,23)33-14-8-6-13(7-9-14)32-12-4-2-11(3-5-12)20-27-15(18(25)30)10-16(29-20)28-17(24)19(26)31/h2-10,17H,24H2,1H3,(H2,25,30)(H2,26,31)(H,27,28,29)/t17-/m1/s1. The monoisotopic (exact) mass is 458 g/mol. The van der Waals surface area contributed by atoms with E-state index in [0.29, 0.717) is 24.0 Å². The van der Waals surface area contributed by atoms with E-state index in [-0.39, 0.29) is 23.1 Å². The predicted octanol–water partition coefficient (Wildman–Crippen LogP) is 2.21. The van der Waals surface area contributed by atoms with Gasteiger partial charge < -0.3 is 32.0 Å². The summed E-state index contributed by atoms with van der Waals surface area (Å²) in [6, 6.07) is 13.4. The van der Waals surface area contributed by atoms with Gasteiger partial charge in [-0.25, -0.2) is 9.97 Å². The van der Waals surface area contributed by atoms with E-state index in [0.717, 1.165) is 0 Å². The Morgan fingerprint density at radius 3 is 2.03 bits per heavy atom. The average molecular weight is 458 g/mol. The highest BCUT2D eigenvalue weighted by Gasteiger charge is 2.23. The van der Waals surface area contributed by atoms with Crippen molar-refractivity contribution in [3.05, 3.63) is 60.3 Å². The van der Waals surface area contributed by atoms with E-state index < -0.39 is 24.1 Å². The number of carbonyl (C=O) groups is 2. The number of nitrogens with two attached hydrogens (primary N) is 3. The highest BCUT2D eigenvalue weighted by atomic mass is 19.3. The molecule has 0 unspecified atom stereocenters. The third-order valence-corrected chi connectivity index (χ3v) is 4.06. The number of alkyl halides is 2. The lowest BCUT2D eigenvalue weighted by atomic mass is 10.2.